The molecule has 84 valence electrons. The quantitative estimate of drug-likeness (QED) is 0.629. The van der Waals surface area contributed by atoms with Crippen molar-refractivity contribution in [3.05, 3.63) is 45.8 Å². The number of benzene rings is 1. The van der Waals surface area contributed by atoms with Crippen LogP contribution < -0.4 is 0 Å². The Kier molecular flexibility index (Phi) is 3.71. The van der Waals surface area contributed by atoms with Crippen LogP contribution in [-0.2, 0) is 4.79 Å². The summed E-state index contributed by atoms with van der Waals surface area (Å²) >= 11 is 0. The maximum absolute atomic E-state index is 13.4. The van der Waals surface area contributed by atoms with Gasteiger partial charge >= 0.3 is 11.7 Å². The minimum atomic E-state index is -1.05. The molecule has 0 atom stereocenters. The SMILES string of the molecule is O=C(O)CC=Cc1cccc([N+](=O)[O-])c1F. The van der Waals surface area contributed by atoms with Gasteiger partial charge in [-0.25, -0.2) is 0 Å². The number of nitrogens with zero attached hydrogens (tertiary/aromatic N) is 1. The smallest absolute Gasteiger partial charge is 0.307 e. The number of carbonyl (C=O) groups is 1. The van der Waals surface area contributed by atoms with Crippen molar-refractivity contribution in [3.8, 4) is 0 Å². The van der Waals surface area contributed by atoms with Crippen molar-refractivity contribution in [1.29, 1.82) is 0 Å². The van der Waals surface area contributed by atoms with Gasteiger partial charge < -0.3 is 5.11 Å². The number of nitro benzene ring substituents is 1. The predicted molar refractivity (Wildman–Crippen MR) is 54.3 cm³/mol. The highest BCUT2D eigenvalue weighted by atomic mass is 19.1. The first-order chi connectivity index (χ1) is 7.52. The van der Waals surface area contributed by atoms with Crippen molar-refractivity contribution in [3.63, 3.8) is 0 Å². The van der Waals surface area contributed by atoms with E-state index < -0.39 is 22.4 Å². The standard InChI is InChI=1S/C10H8FNO4/c11-10-7(4-2-6-9(13)14)3-1-5-8(10)12(15)16/h1-5H,6H2,(H,13,14). The van der Waals surface area contributed by atoms with Crippen LogP contribution in [0.25, 0.3) is 6.08 Å². The average molecular weight is 225 g/mol. The van der Waals surface area contributed by atoms with Crippen LogP contribution in [0.3, 0.4) is 0 Å². The Balaban J connectivity index is 2.97. The molecule has 1 rings (SSSR count). The largest absolute Gasteiger partial charge is 0.481 e. The molecule has 0 radical (unpaired) electrons. The third-order valence-electron chi connectivity index (χ3n) is 1.79. The second-order valence-electron chi connectivity index (χ2n) is 2.94. The van der Waals surface area contributed by atoms with Gasteiger partial charge in [-0.05, 0) is 0 Å². The molecule has 0 aromatic heterocycles. The molecule has 0 saturated heterocycles. The van der Waals surface area contributed by atoms with Gasteiger partial charge in [0.15, 0.2) is 0 Å². The number of halogens is 1. The molecule has 6 heteroatoms. The summed E-state index contributed by atoms with van der Waals surface area (Å²) in [6, 6.07) is 3.71. The average Bonchev–Trinajstić information content (AvgIpc) is 2.19. The molecule has 0 spiro atoms. The second-order valence-corrected chi connectivity index (χ2v) is 2.94. The zero-order valence-corrected chi connectivity index (χ0v) is 8.09. The van der Waals surface area contributed by atoms with E-state index in [1.165, 1.54) is 24.3 Å². The molecule has 1 aromatic carbocycles. The van der Waals surface area contributed by atoms with Crippen LogP contribution >= 0.6 is 0 Å². The summed E-state index contributed by atoms with van der Waals surface area (Å²) in [6.07, 6.45) is 2.17. The molecule has 0 aliphatic rings. The van der Waals surface area contributed by atoms with Gasteiger partial charge in [0.2, 0.25) is 5.82 Å². The lowest BCUT2D eigenvalue weighted by Gasteiger charge is -1.97. The van der Waals surface area contributed by atoms with E-state index in [-0.39, 0.29) is 12.0 Å². The lowest BCUT2D eigenvalue weighted by molar-refractivity contribution is -0.387. The number of hydrogen-bond acceptors (Lipinski definition) is 3. The van der Waals surface area contributed by atoms with Gasteiger partial charge in [0.05, 0.1) is 11.3 Å². The third-order valence-corrected chi connectivity index (χ3v) is 1.79. The highest BCUT2D eigenvalue weighted by Gasteiger charge is 2.15. The van der Waals surface area contributed by atoms with E-state index in [9.17, 15) is 19.3 Å². The van der Waals surface area contributed by atoms with Gasteiger partial charge in [-0.1, -0.05) is 24.3 Å². The van der Waals surface area contributed by atoms with Crippen LogP contribution in [0.5, 0.6) is 0 Å². The Hall–Kier alpha value is -2.24. The molecule has 0 saturated carbocycles. The fraction of sp³-hybridized carbons (Fsp3) is 0.100. The van der Waals surface area contributed by atoms with E-state index in [2.05, 4.69) is 0 Å². The molecule has 0 amide bonds. The predicted octanol–water partition coefficient (Wildman–Crippen LogP) is 2.22. The molecule has 0 aliphatic carbocycles. The number of carboxylic acids is 1. The van der Waals surface area contributed by atoms with Crippen LogP contribution in [0.15, 0.2) is 24.3 Å². The zero-order chi connectivity index (χ0) is 12.1. The van der Waals surface area contributed by atoms with E-state index in [1.54, 1.807) is 0 Å². The van der Waals surface area contributed by atoms with Gasteiger partial charge in [-0.15, -0.1) is 0 Å². The Bertz CT molecular complexity index is 456. The molecule has 0 heterocycles. The summed E-state index contributed by atoms with van der Waals surface area (Å²) < 4.78 is 13.4. The lowest BCUT2D eigenvalue weighted by atomic mass is 10.1. The van der Waals surface area contributed by atoms with Crippen LogP contribution in [0.4, 0.5) is 10.1 Å². The Morgan fingerprint density at radius 1 is 1.56 bits per heavy atom. The maximum atomic E-state index is 13.4. The molecule has 16 heavy (non-hydrogen) atoms. The number of carboxylic acid groups (broad SMARTS) is 1. The fourth-order valence-corrected chi connectivity index (χ4v) is 1.09. The lowest BCUT2D eigenvalue weighted by Crippen LogP contribution is -1.94. The summed E-state index contributed by atoms with van der Waals surface area (Å²) in [7, 11) is 0. The summed E-state index contributed by atoms with van der Waals surface area (Å²) in [5.41, 5.74) is -0.632. The Labute approximate surface area is 90.0 Å². The summed E-state index contributed by atoms with van der Waals surface area (Å²) in [5, 5.41) is 18.8. The minimum absolute atomic E-state index is 0.00421. The topological polar surface area (TPSA) is 80.4 Å². The molecule has 1 N–H and O–H groups in total. The van der Waals surface area contributed by atoms with E-state index in [0.29, 0.717) is 0 Å². The van der Waals surface area contributed by atoms with Crippen molar-refractivity contribution in [2.24, 2.45) is 0 Å². The zero-order valence-electron chi connectivity index (χ0n) is 8.09. The molecule has 1 aromatic rings. The summed E-state index contributed by atoms with van der Waals surface area (Å²) in [4.78, 5) is 19.8. The molecule has 0 bridgehead atoms. The maximum Gasteiger partial charge on any atom is 0.307 e. The molecule has 5 nitrogen and oxygen atoms in total. The van der Waals surface area contributed by atoms with Crippen LogP contribution in [0.1, 0.15) is 12.0 Å². The van der Waals surface area contributed by atoms with Crippen LogP contribution in [0.2, 0.25) is 0 Å². The van der Waals surface area contributed by atoms with Crippen LogP contribution in [-0.4, -0.2) is 16.0 Å². The Morgan fingerprint density at radius 3 is 2.81 bits per heavy atom. The van der Waals surface area contributed by atoms with E-state index in [4.69, 9.17) is 5.11 Å². The fourth-order valence-electron chi connectivity index (χ4n) is 1.09. The number of rotatable bonds is 4. The monoisotopic (exact) mass is 225 g/mol. The van der Waals surface area contributed by atoms with Crippen molar-refractivity contribution < 1.29 is 19.2 Å². The molecule has 0 fully saturated rings. The summed E-state index contributed by atoms with van der Waals surface area (Å²) in [6.45, 7) is 0. The van der Waals surface area contributed by atoms with E-state index >= 15 is 0 Å². The van der Waals surface area contributed by atoms with E-state index in [1.807, 2.05) is 0 Å². The summed E-state index contributed by atoms with van der Waals surface area (Å²) in [5.74, 6) is -2.02. The van der Waals surface area contributed by atoms with Crippen molar-refractivity contribution in [1.82, 2.24) is 0 Å². The first kappa shape index (κ1) is 11.8. The van der Waals surface area contributed by atoms with Gasteiger partial charge in [0.1, 0.15) is 0 Å². The van der Waals surface area contributed by atoms with Crippen LogP contribution in [0, 0.1) is 15.9 Å². The van der Waals surface area contributed by atoms with Gasteiger partial charge in [0, 0.05) is 11.6 Å². The number of hydrogen-bond donors (Lipinski definition) is 1. The highest BCUT2D eigenvalue weighted by Crippen LogP contribution is 2.21. The van der Waals surface area contributed by atoms with Gasteiger partial charge in [-0.3, -0.25) is 14.9 Å². The van der Waals surface area contributed by atoms with Crippen molar-refractivity contribution in [2.45, 2.75) is 6.42 Å². The third kappa shape index (κ3) is 2.88. The minimum Gasteiger partial charge on any atom is -0.481 e. The normalized spacial score (nSPS) is 10.6. The highest BCUT2D eigenvalue weighted by molar-refractivity contribution is 5.70. The molecule has 0 unspecified atom stereocenters. The van der Waals surface area contributed by atoms with Crippen molar-refractivity contribution in [2.75, 3.05) is 0 Å². The first-order valence-corrected chi connectivity index (χ1v) is 4.33. The first-order valence-electron chi connectivity index (χ1n) is 4.33. The van der Waals surface area contributed by atoms with Gasteiger partial charge in [0.25, 0.3) is 0 Å². The second kappa shape index (κ2) is 5.01. The van der Waals surface area contributed by atoms with Gasteiger partial charge in [-0.2, -0.15) is 4.39 Å². The van der Waals surface area contributed by atoms with Crippen molar-refractivity contribution >= 4 is 17.7 Å². The molecule has 0 aliphatic heterocycles. The van der Waals surface area contributed by atoms with E-state index in [0.717, 1.165) is 6.07 Å². The molecular formula is C10H8FNO4. The number of nitro groups is 1. The number of aliphatic carboxylic acids is 1. The molecular weight excluding hydrogens is 217 g/mol. The Morgan fingerprint density at radius 2 is 2.25 bits per heavy atom.